The molecule has 7 heteroatoms. The van der Waals surface area contributed by atoms with Crippen molar-refractivity contribution in [1.82, 2.24) is 10.0 Å². The van der Waals surface area contributed by atoms with E-state index in [0.717, 1.165) is 5.56 Å². The Kier molecular flexibility index (Phi) is 6.32. The number of carbonyl (C=O) groups excluding carboxylic acids is 1. The van der Waals surface area contributed by atoms with Gasteiger partial charge in [0.25, 0.3) is 5.91 Å². The number of aryl methyl sites for hydroxylation is 1. The van der Waals surface area contributed by atoms with E-state index >= 15 is 0 Å². The molecular formula is C14H22N2O4S. The van der Waals surface area contributed by atoms with Crippen molar-refractivity contribution in [3.05, 3.63) is 29.3 Å². The summed E-state index contributed by atoms with van der Waals surface area (Å²) in [6, 6.07) is 4.15. The first-order valence-corrected chi connectivity index (χ1v) is 8.20. The van der Waals surface area contributed by atoms with E-state index in [1.165, 1.54) is 19.2 Å². The van der Waals surface area contributed by atoms with Crippen LogP contribution in [0.3, 0.4) is 0 Å². The van der Waals surface area contributed by atoms with E-state index < -0.39 is 10.0 Å². The van der Waals surface area contributed by atoms with Crippen LogP contribution in [0.2, 0.25) is 0 Å². The van der Waals surface area contributed by atoms with Crippen LogP contribution in [0.4, 0.5) is 0 Å². The molecule has 0 fully saturated rings. The lowest BCUT2D eigenvalue weighted by atomic mass is 10.1. The fraction of sp³-hybridized carbons (Fsp3) is 0.500. The average Bonchev–Trinajstić information content (AvgIpc) is 2.38. The van der Waals surface area contributed by atoms with Crippen LogP contribution < -0.4 is 10.0 Å². The molecule has 1 aromatic carbocycles. The van der Waals surface area contributed by atoms with Crippen molar-refractivity contribution in [3.63, 3.8) is 0 Å². The molecule has 21 heavy (non-hydrogen) atoms. The lowest BCUT2D eigenvalue weighted by Crippen LogP contribution is -2.35. The first kappa shape index (κ1) is 17.6. The summed E-state index contributed by atoms with van der Waals surface area (Å²) in [6.45, 7) is 6.04. The second-order valence-electron chi connectivity index (χ2n) is 4.81. The summed E-state index contributed by atoms with van der Waals surface area (Å²) in [6.07, 6.45) is 0. The molecule has 0 aromatic heterocycles. The molecular weight excluding hydrogens is 292 g/mol. The van der Waals surface area contributed by atoms with Crippen molar-refractivity contribution in [1.29, 1.82) is 0 Å². The minimum Gasteiger partial charge on any atom is -0.383 e. The highest BCUT2D eigenvalue weighted by molar-refractivity contribution is 7.89. The van der Waals surface area contributed by atoms with Crippen LogP contribution in [0.25, 0.3) is 0 Å². The fourth-order valence-corrected chi connectivity index (χ4v) is 3.14. The lowest BCUT2D eigenvalue weighted by molar-refractivity contribution is 0.0955. The number of methoxy groups -OCH3 is 1. The van der Waals surface area contributed by atoms with Crippen molar-refractivity contribution < 1.29 is 17.9 Å². The zero-order chi connectivity index (χ0) is 16.0. The second kappa shape index (κ2) is 7.53. The van der Waals surface area contributed by atoms with Gasteiger partial charge < -0.3 is 10.1 Å². The summed E-state index contributed by atoms with van der Waals surface area (Å²) < 4.78 is 31.9. The minimum atomic E-state index is -3.68. The molecule has 0 radical (unpaired) electrons. The third-order valence-electron chi connectivity index (χ3n) is 2.87. The van der Waals surface area contributed by atoms with E-state index in [4.69, 9.17) is 4.74 Å². The standard InChI is InChI=1S/C14H22N2O4S/c1-5-15-14(17)13-8-12(7-6-10(13)2)21(18,19)16-11(3)9-20-4/h6-8,11,16H,5,9H2,1-4H3,(H,15,17)/t11-/m0/s1. The van der Waals surface area contributed by atoms with Gasteiger partial charge in [-0.3, -0.25) is 4.79 Å². The summed E-state index contributed by atoms with van der Waals surface area (Å²) in [5, 5.41) is 2.67. The Bertz CT molecular complexity index is 599. The molecule has 1 rings (SSSR count). The van der Waals surface area contributed by atoms with E-state index in [0.29, 0.717) is 12.1 Å². The first-order chi connectivity index (χ1) is 9.81. The highest BCUT2D eigenvalue weighted by Gasteiger charge is 2.19. The number of benzene rings is 1. The molecule has 0 aliphatic heterocycles. The fourth-order valence-electron chi connectivity index (χ4n) is 1.89. The number of rotatable bonds is 7. The maximum absolute atomic E-state index is 12.3. The molecule has 0 bridgehead atoms. The maximum atomic E-state index is 12.3. The van der Waals surface area contributed by atoms with Gasteiger partial charge in [0.1, 0.15) is 0 Å². The van der Waals surface area contributed by atoms with Crippen LogP contribution in [0.1, 0.15) is 29.8 Å². The topological polar surface area (TPSA) is 84.5 Å². The van der Waals surface area contributed by atoms with Gasteiger partial charge in [-0.25, -0.2) is 13.1 Å². The highest BCUT2D eigenvalue weighted by Crippen LogP contribution is 2.16. The predicted octanol–water partition coefficient (Wildman–Crippen LogP) is 1.06. The molecule has 0 unspecified atom stereocenters. The molecule has 0 saturated heterocycles. The number of hydrogen-bond donors (Lipinski definition) is 2. The highest BCUT2D eigenvalue weighted by atomic mass is 32.2. The van der Waals surface area contributed by atoms with Gasteiger partial charge in [-0.1, -0.05) is 6.07 Å². The van der Waals surface area contributed by atoms with E-state index in [1.54, 1.807) is 19.9 Å². The van der Waals surface area contributed by atoms with Gasteiger partial charge in [0.15, 0.2) is 0 Å². The molecule has 0 aliphatic carbocycles. The van der Waals surface area contributed by atoms with Crippen molar-refractivity contribution in [3.8, 4) is 0 Å². The van der Waals surface area contributed by atoms with Crippen LogP contribution in [-0.4, -0.2) is 40.6 Å². The summed E-state index contributed by atoms with van der Waals surface area (Å²) in [5.41, 5.74) is 1.09. The van der Waals surface area contributed by atoms with Gasteiger partial charge >= 0.3 is 0 Å². The Morgan fingerprint density at radius 3 is 2.62 bits per heavy atom. The van der Waals surface area contributed by atoms with Crippen molar-refractivity contribution in [2.45, 2.75) is 31.7 Å². The summed E-state index contributed by atoms with van der Waals surface area (Å²) >= 11 is 0. The third kappa shape index (κ3) is 4.80. The molecule has 0 aliphatic rings. The van der Waals surface area contributed by atoms with E-state index in [2.05, 4.69) is 10.0 Å². The van der Waals surface area contributed by atoms with Gasteiger partial charge in [-0.05, 0) is 38.5 Å². The van der Waals surface area contributed by atoms with Crippen molar-refractivity contribution in [2.75, 3.05) is 20.3 Å². The molecule has 6 nitrogen and oxygen atoms in total. The Morgan fingerprint density at radius 1 is 1.38 bits per heavy atom. The number of ether oxygens (including phenoxy) is 1. The molecule has 1 atom stereocenters. The van der Waals surface area contributed by atoms with Crippen molar-refractivity contribution in [2.24, 2.45) is 0 Å². The summed E-state index contributed by atoms with van der Waals surface area (Å²) in [7, 11) is -2.18. The maximum Gasteiger partial charge on any atom is 0.251 e. The Morgan fingerprint density at radius 2 is 2.05 bits per heavy atom. The van der Waals surface area contributed by atoms with Gasteiger partial charge in [-0.2, -0.15) is 0 Å². The van der Waals surface area contributed by atoms with E-state index in [9.17, 15) is 13.2 Å². The normalized spacial score (nSPS) is 13.0. The Balaban J connectivity index is 3.08. The molecule has 118 valence electrons. The molecule has 2 N–H and O–H groups in total. The summed E-state index contributed by atoms with van der Waals surface area (Å²) in [5.74, 6) is -0.281. The number of amides is 1. The van der Waals surface area contributed by atoms with Gasteiger partial charge in [0.05, 0.1) is 11.5 Å². The van der Waals surface area contributed by atoms with Gasteiger partial charge in [0.2, 0.25) is 10.0 Å². The minimum absolute atomic E-state index is 0.0670. The zero-order valence-corrected chi connectivity index (χ0v) is 13.6. The summed E-state index contributed by atoms with van der Waals surface area (Å²) in [4.78, 5) is 12.0. The number of nitrogens with one attached hydrogen (secondary N) is 2. The van der Waals surface area contributed by atoms with Crippen molar-refractivity contribution >= 4 is 15.9 Å². The molecule has 0 spiro atoms. The molecule has 0 heterocycles. The monoisotopic (exact) mass is 314 g/mol. The smallest absolute Gasteiger partial charge is 0.251 e. The van der Waals surface area contributed by atoms with Crippen LogP contribution in [0.5, 0.6) is 0 Å². The second-order valence-corrected chi connectivity index (χ2v) is 6.53. The van der Waals surface area contributed by atoms with Gasteiger partial charge in [0, 0.05) is 25.3 Å². The average molecular weight is 314 g/mol. The largest absolute Gasteiger partial charge is 0.383 e. The van der Waals surface area contributed by atoms with Crippen LogP contribution in [0, 0.1) is 6.92 Å². The van der Waals surface area contributed by atoms with Crippen LogP contribution in [-0.2, 0) is 14.8 Å². The molecule has 1 aromatic rings. The molecule has 0 saturated carbocycles. The SMILES string of the molecule is CCNC(=O)c1cc(S(=O)(=O)N[C@@H](C)COC)ccc1C. The Labute approximate surface area is 125 Å². The van der Waals surface area contributed by atoms with Crippen LogP contribution >= 0.6 is 0 Å². The molecule has 1 amide bonds. The zero-order valence-electron chi connectivity index (χ0n) is 12.8. The lowest BCUT2D eigenvalue weighted by Gasteiger charge is -2.14. The van der Waals surface area contributed by atoms with E-state index in [-0.39, 0.29) is 23.5 Å². The number of sulfonamides is 1. The Hall–Kier alpha value is -1.44. The predicted molar refractivity (Wildman–Crippen MR) is 80.8 cm³/mol. The quantitative estimate of drug-likeness (QED) is 0.788. The third-order valence-corrected chi connectivity index (χ3v) is 4.46. The first-order valence-electron chi connectivity index (χ1n) is 6.72. The van der Waals surface area contributed by atoms with E-state index in [1.807, 2.05) is 6.92 Å². The number of hydrogen-bond acceptors (Lipinski definition) is 4. The van der Waals surface area contributed by atoms with Crippen LogP contribution in [0.15, 0.2) is 23.1 Å². The number of carbonyl (C=O) groups is 1. The van der Waals surface area contributed by atoms with Gasteiger partial charge in [-0.15, -0.1) is 0 Å².